The lowest BCUT2D eigenvalue weighted by atomic mass is 10.0. The van der Waals surface area contributed by atoms with Crippen LogP contribution in [0.2, 0.25) is 5.02 Å². The van der Waals surface area contributed by atoms with Crippen LogP contribution in [-0.4, -0.2) is 56.7 Å². The lowest BCUT2D eigenvalue weighted by Crippen LogP contribution is -2.47. The Balaban J connectivity index is 1.21. The van der Waals surface area contributed by atoms with E-state index < -0.39 is 0 Å². The zero-order valence-corrected chi connectivity index (χ0v) is 18.9. The first kappa shape index (κ1) is 21.0. The van der Waals surface area contributed by atoms with E-state index >= 15 is 0 Å². The topological polar surface area (TPSA) is 77.2 Å². The molecule has 3 aromatic rings. The molecule has 0 saturated carbocycles. The highest BCUT2D eigenvalue weighted by Gasteiger charge is 2.29. The highest BCUT2D eigenvalue weighted by atomic mass is 35.5. The van der Waals surface area contributed by atoms with Crippen molar-refractivity contribution in [2.75, 3.05) is 19.6 Å². The number of aromatic nitrogens is 3. The molecule has 1 unspecified atom stereocenters. The smallest absolute Gasteiger partial charge is 0.317 e. The zero-order chi connectivity index (χ0) is 22.1. The molecule has 1 aromatic carbocycles. The minimum Gasteiger partial charge on any atom is -0.334 e. The highest BCUT2D eigenvalue weighted by molar-refractivity contribution is 6.31. The first-order valence-electron chi connectivity index (χ1n) is 11.1. The minimum atomic E-state index is -0.00157. The summed E-state index contributed by atoms with van der Waals surface area (Å²) in [7, 11) is 0. The molecule has 1 saturated heterocycles. The largest absolute Gasteiger partial charge is 0.334 e. The lowest BCUT2D eigenvalue weighted by Gasteiger charge is -2.29. The standard InChI is InChI=1S/C24H27ClN6O/c1-16-12-17(6-9-26-16)23-20-15-31(11-8-22(20)28-29-23)24(32)27-19-7-10-30(14-19)13-18-4-2-3-5-21(18)25/h2-6,9,12,19H,7-8,10-11,13-15H2,1H3,(H,27,32)(H,28,29). The van der Waals surface area contributed by atoms with Crippen LogP contribution in [-0.2, 0) is 19.5 Å². The van der Waals surface area contributed by atoms with Gasteiger partial charge in [-0.15, -0.1) is 0 Å². The van der Waals surface area contributed by atoms with Crippen molar-refractivity contribution in [3.8, 4) is 11.3 Å². The van der Waals surface area contributed by atoms with Crippen LogP contribution >= 0.6 is 11.6 Å². The normalized spacial score (nSPS) is 18.6. The van der Waals surface area contributed by atoms with E-state index in [0.29, 0.717) is 13.1 Å². The molecule has 2 aliphatic rings. The van der Waals surface area contributed by atoms with Gasteiger partial charge in [0, 0.05) is 72.4 Å². The number of hydrogen-bond donors (Lipinski definition) is 2. The average molecular weight is 451 g/mol. The Morgan fingerprint density at radius 3 is 3.00 bits per heavy atom. The molecule has 7 nitrogen and oxygen atoms in total. The van der Waals surface area contributed by atoms with E-state index in [2.05, 4.69) is 31.5 Å². The maximum absolute atomic E-state index is 13.0. The Morgan fingerprint density at radius 1 is 1.28 bits per heavy atom. The number of hydrogen-bond acceptors (Lipinski definition) is 4. The number of carbonyl (C=O) groups is 1. The van der Waals surface area contributed by atoms with Crippen molar-refractivity contribution in [1.82, 2.24) is 30.3 Å². The van der Waals surface area contributed by atoms with Gasteiger partial charge in [0.05, 0.1) is 12.2 Å². The van der Waals surface area contributed by atoms with Gasteiger partial charge in [-0.2, -0.15) is 5.10 Å². The first-order valence-corrected chi connectivity index (χ1v) is 11.4. The van der Waals surface area contributed by atoms with E-state index in [4.69, 9.17) is 11.6 Å². The predicted octanol–water partition coefficient (Wildman–Crippen LogP) is 3.78. The van der Waals surface area contributed by atoms with Crippen molar-refractivity contribution in [2.45, 2.75) is 38.9 Å². The van der Waals surface area contributed by atoms with Crippen LogP contribution in [0.1, 0.15) is 28.9 Å². The van der Waals surface area contributed by atoms with Gasteiger partial charge in [0.2, 0.25) is 0 Å². The van der Waals surface area contributed by atoms with Crippen LogP contribution in [0.4, 0.5) is 4.79 Å². The molecule has 0 aliphatic carbocycles. The molecule has 5 rings (SSSR count). The number of rotatable bonds is 4. The minimum absolute atomic E-state index is 0.00157. The molecule has 0 spiro atoms. The van der Waals surface area contributed by atoms with Crippen LogP contribution in [0.3, 0.4) is 0 Å². The fourth-order valence-corrected chi connectivity index (χ4v) is 4.82. The Morgan fingerprint density at radius 2 is 2.16 bits per heavy atom. The van der Waals surface area contributed by atoms with E-state index in [0.717, 1.165) is 71.3 Å². The van der Waals surface area contributed by atoms with E-state index in [9.17, 15) is 4.79 Å². The lowest BCUT2D eigenvalue weighted by molar-refractivity contribution is 0.188. The summed E-state index contributed by atoms with van der Waals surface area (Å²) in [5.74, 6) is 0. The molecule has 1 atom stereocenters. The molecule has 2 aromatic heterocycles. The van der Waals surface area contributed by atoms with Crippen molar-refractivity contribution >= 4 is 17.6 Å². The molecule has 166 valence electrons. The molecule has 4 heterocycles. The van der Waals surface area contributed by atoms with Crippen molar-refractivity contribution in [3.05, 3.63) is 70.1 Å². The fraction of sp³-hybridized carbons (Fsp3) is 0.375. The molecule has 2 amide bonds. The number of fused-ring (bicyclic) bond motifs is 1. The molecule has 8 heteroatoms. The van der Waals surface area contributed by atoms with Gasteiger partial charge in [0.1, 0.15) is 0 Å². The Bertz CT molecular complexity index is 1130. The van der Waals surface area contributed by atoms with Gasteiger partial charge in [0.15, 0.2) is 0 Å². The van der Waals surface area contributed by atoms with Gasteiger partial charge in [-0.25, -0.2) is 4.79 Å². The molecular formula is C24H27ClN6O. The Labute approximate surface area is 192 Å². The number of nitrogens with zero attached hydrogens (tertiary/aromatic N) is 4. The van der Waals surface area contributed by atoms with Crippen LogP contribution in [0.15, 0.2) is 42.6 Å². The number of urea groups is 1. The van der Waals surface area contributed by atoms with E-state index in [1.807, 2.05) is 42.2 Å². The zero-order valence-electron chi connectivity index (χ0n) is 18.1. The fourth-order valence-electron chi connectivity index (χ4n) is 4.63. The van der Waals surface area contributed by atoms with Gasteiger partial charge < -0.3 is 10.2 Å². The van der Waals surface area contributed by atoms with Gasteiger partial charge in [-0.3, -0.25) is 15.0 Å². The summed E-state index contributed by atoms with van der Waals surface area (Å²) in [4.78, 5) is 21.6. The van der Waals surface area contributed by atoms with E-state index in [-0.39, 0.29) is 12.1 Å². The van der Waals surface area contributed by atoms with E-state index in [1.54, 1.807) is 6.20 Å². The number of likely N-dealkylation sites (tertiary alicyclic amines) is 1. The highest BCUT2D eigenvalue weighted by Crippen LogP contribution is 2.28. The third-order valence-electron chi connectivity index (χ3n) is 6.34. The van der Waals surface area contributed by atoms with Crippen molar-refractivity contribution in [3.63, 3.8) is 0 Å². The molecular weight excluding hydrogens is 424 g/mol. The van der Waals surface area contributed by atoms with Gasteiger partial charge in [0.25, 0.3) is 0 Å². The van der Waals surface area contributed by atoms with Crippen molar-refractivity contribution < 1.29 is 4.79 Å². The van der Waals surface area contributed by atoms with Crippen LogP contribution in [0, 0.1) is 6.92 Å². The maximum atomic E-state index is 13.0. The van der Waals surface area contributed by atoms with Crippen LogP contribution in [0.25, 0.3) is 11.3 Å². The monoisotopic (exact) mass is 450 g/mol. The number of H-pyrrole nitrogens is 1. The third kappa shape index (κ3) is 4.36. The second kappa shape index (κ2) is 8.92. The summed E-state index contributed by atoms with van der Waals surface area (Å²) in [6.07, 6.45) is 3.53. The molecule has 2 N–H and O–H groups in total. The van der Waals surface area contributed by atoms with Crippen molar-refractivity contribution in [2.24, 2.45) is 0 Å². The van der Waals surface area contributed by atoms with Crippen LogP contribution in [0.5, 0.6) is 0 Å². The molecule has 32 heavy (non-hydrogen) atoms. The van der Waals surface area contributed by atoms with E-state index in [1.165, 1.54) is 0 Å². The number of aryl methyl sites for hydroxylation is 1. The number of carbonyl (C=O) groups excluding carboxylic acids is 1. The summed E-state index contributed by atoms with van der Waals surface area (Å²) in [5, 5.41) is 11.7. The quantitative estimate of drug-likeness (QED) is 0.634. The van der Waals surface area contributed by atoms with Gasteiger partial charge in [-0.05, 0) is 37.1 Å². The summed E-state index contributed by atoms with van der Waals surface area (Å²) in [6, 6.07) is 12.1. The Kier molecular flexibility index (Phi) is 5.85. The maximum Gasteiger partial charge on any atom is 0.317 e. The Hall–Kier alpha value is -2.90. The van der Waals surface area contributed by atoms with Gasteiger partial charge in [-0.1, -0.05) is 29.8 Å². The molecule has 2 aliphatic heterocycles. The number of pyridine rings is 1. The molecule has 1 fully saturated rings. The van der Waals surface area contributed by atoms with Gasteiger partial charge >= 0.3 is 6.03 Å². The summed E-state index contributed by atoms with van der Waals surface area (Å²) < 4.78 is 0. The molecule has 0 radical (unpaired) electrons. The number of aromatic amines is 1. The summed E-state index contributed by atoms with van der Waals surface area (Å²) >= 11 is 6.31. The first-order chi connectivity index (χ1) is 15.6. The predicted molar refractivity (Wildman–Crippen MR) is 124 cm³/mol. The third-order valence-corrected chi connectivity index (χ3v) is 6.71. The number of amides is 2. The second-order valence-corrected chi connectivity index (χ2v) is 9.06. The SMILES string of the molecule is Cc1cc(-c2n[nH]c3c2CN(C(=O)NC2CCN(Cc4ccccc4Cl)C2)CC3)ccn1. The van der Waals surface area contributed by atoms with Crippen molar-refractivity contribution in [1.29, 1.82) is 0 Å². The summed E-state index contributed by atoms with van der Waals surface area (Å²) in [6.45, 7) is 5.81. The average Bonchev–Trinajstić information content (AvgIpc) is 3.41. The molecule has 0 bridgehead atoms. The number of halogens is 1. The number of nitrogens with one attached hydrogen (secondary N) is 2. The number of benzene rings is 1. The second-order valence-electron chi connectivity index (χ2n) is 8.65. The summed E-state index contributed by atoms with van der Waals surface area (Å²) in [5.41, 5.74) is 6.24. The van der Waals surface area contributed by atoms with Crippen LogP contribution < -0.4 is 5.32 Å².